The number of hydrogen-bond donors (Lipinski definition) is 7. The fourth-order valence-electron chi connectivity index (χ4n) is 2.93. The summed E-state index contributed by atoms with van der Waals surface area (Å²) in [6, 6.07) is 0. The normalized spacial score (nSPS) is 46.9. The molecule has 10 atom stereocenters. The van der Waals surface area contributed by atoms with Gasteiger partial charge in [-0.05, 0) is 0 Å². The van der Waals surface area contributed by atoms with Gasteiger partial charge in [0, 0.05) is 0 Å². The molecule has 0 aromatic heterocycles. The molecule has 0 aliphatic carbocycles. The molecule has 7 N–H and O–H groups in total. The highest BCUT2D eigenvalue weighted by Gasteiger charge is 2.50. The van der Waals surface area contributed by atoms with Gasteiger partial charge < -0.3 is 54.7 Å². The lowest BCUT2D eigenvalue weighted by molar-refractivity contribution is -0.357. The van der Waals surface area contributed by atoms with E-state index in [0.29, 0.717) is 0 Å². The van der Waals surface area contributed by atoms with E-state index < -0.39 is 74.6 Å². The maximum atomic E-state index is 10.4. The topological polar surface area (TPSA) is 179 Å². The molecule has 2 aliphatic heterocycles. The number of hydrogen-bond acceptors (Lipinski definition) is 11. The second kappa shape index (κ2) is 9.48. The van der Waals surface area contributed by atoms with E-state index in [2.05, 4.69) is 6.58 Å². The van der Waals surface area contributed by atoms with Gasteiger partial charge in [0.25, 0.3) is 0 Å². The summed E-state index contributed by atoms with van der Waals surface area (Å²) in [4.78, 5) is 0. The van der Waals surface area contributed by atoms with Crippen LogP contribution in [0.3, 0.4) is 0 Å². The monoisotopic (exact) mass is 382 g/mol. The molecule has 0 saturated carbocycles. The van der Waals surface area contributed by atoms with E-state index in [-0.39, 0.29) is 6.61 Å². The second-order valence-corrected chi connectivity index (χ2v) is 6.12. The van der Waals surface area contributed by atoms with Crippen LogP contribution in [0.1, 0.15) is 0 Å². The van der Waals surface area contributed by atoms with Crippen molar-refractivity contribution in [2.75, 3.05) is 19.8 Å². The molecule has 11 heteroatoms. The Balaban J connectivity index is 2.15. The first-order valence-electron chi connectivity index (χ1n) is 8.16. The van der Waals surface area contributed by atoms with Crippen molar-refractivity contribution in [1.82, 2.24) is 0 Å². The number of aliphatic hydroxyl groups excluding tert-OH is 7. The highest BCUT2D eigenvalue weighted by atomic mass is 16.7. The Bertz CT molecular complexity index is 447. The van der Waals surface area contributed by atoms with Crippen LogP contribution in [0, 0.1) is 0 Å². The van der Waals surface area contributed by atoms with E-state index in [0.717, 1.165) is 0 Å². The minimum absolute atomic E-state index is 0.00297. The molecule has 0 amide bonds. The van der Waals surface area contributed by atoms with E-state index in [1.54, 1.807) is 0 Å². The van der Waals surface area contributed by atoms with E-state index >= 15 is 0 Å². The Hall–Kier alpha value is -0.700. The van der Waals surface area contributed by atoms with Crippen molar-refractivity contribution in [3.63, 3.8) is 0 Å². The van der Waals surface area contributed by atoms with Crippen LogP contribution in [0.2, 0.25) is 0 Å². The molecule has 0 unspecified atom stereocenters. The van der Waals surface area contributed by atoms with Gasteiger partial charge in [0.1, 0.15) is 48.8 Å². The highest BCUT2D eigenvalue weighted by molar-refractivity contribution is 4.94. The molecule has 2 saturated heterocycles. The van der Waals surface area contributed by atoms with Gasteiger partial charge in [-0.15, -0.1) is 6.58 Å². The first kappa shape index (κ1) is 21.6. The van der Waals surface area contributed by atoms with Crippen LogP contribution in [0.15, 0.2) is 12.7 Å². The Morgan fingerprint density at radius 2 is 1.46 bits per heavy atom. The fourth-order valence-corrected chi connectivity index (χ4v) is 2.93. The number of aliphatic hydroxyl groups is 7. The molecule has 152 valence electrons. The Labute approximate surface area is 149 Å². The lowest BCUT2D eigenvalue weighted by atomic mass is 9.97. The molecule has 0 aromatic rings. The molecule has 0 radical (unpaired) electrons. The fraction of sp³-hybridized carbons (Fsp3) is 0.867. The van der Waals surface area contributed by atoms with Gasteiger partial charge in [0.2, 0.25) is 0 Å². The van der Waals surface area contributed by atoms with Crippen molar-refractivity contribution in [2.45, 2.75) is 61.4 Å². The SMILES string of the molecule is C=CCO[C@@H]1[C@@H](O)[C@@H](O[C@H]2[C@H](O)[C@@H](O)[C@H](O)O[C@@H]2CO)O[C@H](CO)[C@H]1O. The molecular formula is C15H26O11. The van der Waals surface area contributed by atoms with Crippen LogP contribution < -0.4 is 0 Å². The van der Waals surface area contributed by atoms with Crippen molar-refractivity contribution >= 4 is 0 Å². The average Bonchev–Trinajstić information content (AvgIpc) is 2.63. The molecule has 11 nitrogen and oxygen atoms in total. The van der Waals surface area contributed by atoms with Crippen LogP contribution in [0.4, 0.5) is 0 Å². The summed E-state index contributed by atoms with van der Waals surface area (Å²) < 4.78 is 21.0. The molecule has 2 heterocycles. The second-order valence-electron chi connectivity index (χ2n) is 6.12. The molecule has 2 rings (SSSR count). The number of ether oxygens (including phenoxy) is 4. The molecule has 0 bridgehead atoms. The molecule has 26 heavy (non-hydrogen) atoms. The van der Waals surface area contributed by atoms with Gasteiger partial charge in [-0.3, -0.25) is 0 Å². The van der Waals surface area contributed by atoms with Gasteiger partial charge >= 0.3 is 0 Å². The molecular weight excluding hydrogens is 356 g/mol. The quantitative estimate of drug-likeness (QED) is 0.212. The summed E-state index contributed by atoms with van der Waals surface area (Å²) in [6.07, 6.45) is -13.0. The maximum Gasteiger partial charge on any atom is 0.187 e. The minimum atomic E-state index is -1.73. The maximum absolute atomic E-state index is 10.4. The molecule has 2 fully saturated rings. The van der Waals surface area contributed by atoms with E-state index in [9.17, 15) is 35.7 Å². The van der Waals surface area contributed by atoms with Gasteiger partial charge in [-0.1, -0.05) is 6.08 Å². The first-order chi connectivity index (χ1) is 12.3. The zero-order valence-corrected chi connectivity index (χ0v) is 13.9. The number of rotatable bonds is 7. The molecule has 0 aromatic carbocycles. The van der Waals surface area contributed by atoms with Gasteiger partial charge in [0.05, 0.1) is 19.8 Å². The average molecular weight is 382 g/mol. The van der Waals surface area contributed by atoms with Crippen molar-refractivity contribution in [3.05, 3.63) is 12.7 Å². The standard InChI is InChI=1S/C15H26O11/c1-2-3-23-13-8(18)6(4-16)25-15(11(13)21)26-12-7(5-17)24-14(22)10(20)9(12)19/h2,6-22H,1,3-5H2/t6-,7-,8-,9-,10-,11-,12-,13+,14-,15-/m1/s1. The Kier molecular flexibility index (Phi) is 7.88. The minimum Gasteiger partial charge on any atom is -0.394 e. The lowest BCUT2D eigenvalue weighted by Crippen LogP contribution is -2.64. The van der Waals surface area contributed by atoms with Crippen LogP contribution in [-0.4, -0.2) is 117 Å². The van der Waals surface area contributed by atoms with Crippen molar-refractivity contribution in [2.24, 2.45) is 0 Å². The van der Waals surface area contributed by atoms with Crippen LogP contribution in [0.25, 0.3) is 0 Å². The van der Waals surface area contributed by atoms with Gasteiger partial charge in [-0.2, -0.15) is 0 Å². The Morgan fingerprint density at radius 3 is 2.04 bits per heavy atom. The largest absolute Gasteiger partial charge is 0.394 e. The van der Waals surface area contributed by atoms with E-state index in [1.165, 1.54) is 6.08 Å². The molecule has 0 spiro atoms. The Morgan fingerprint density at radius 1 is 0.808 bits per heavy atom. The summed E-state index contributed by atoms with van der Waals surface area (Å²) in [5, 5.41) is 68.6. The summed E-state index contributed by atoms with van der Waals surface area (Å²) in [5.74, 6) is 0. The first-order valence-corrected chi connectivity index (χ1v) is 8.16. The van der Waals surface area contributed by atoms with E-state index in [1.807, 2.05) is 0 Å². The van der Waals surface area contributed by atoms with Crippen molar-refractivity contribution in [1.29, 1.82) is 0 Å². The molecule has 2 aliphatic rings. The zero-order chi connectivity index (χ0) is 19.4. The van der Waals surface area contributed by atoms with Crippen LogP contribution in [0.5, 0.6) is 0 Å². The third-order valence-corrected chi connectivity index (χ3v) is 4.36. The van der Waals surface area contributed by atoms with Crippen LogP contribution in [-0.2, 0) is 18.9 Å². The van der Waals surface area contributed by atoms with Gasteiger partial charge in [-0.25, -0.2) is 0 Å². The lowest BCUT2D eigenvalue weighted by Gasteiger charge is -2.46. The highest BCUT2D eigenvalue weighted by Crippen LogP contribution is 2.29. The third-order valence-electron chi connectivity index (χ3n) is 4.36. The van der Waals surface area contributed by atoms with Crippen molar-refractivity contribution < 1.29 is 54.7 Å². The zero-order valence-electron chi connectivity index (χ0n) is 13.9. The summed E-state index contributed by atoms with van der Waals surface area (Å²) in [7, 11) is 0. The summed E-state index contributed by atoms with van der Waals surface area (Å²) in [5.41, 5.74) is 0. The van der Waals surface area contributed by atoms with E-state index in [4.69, 9.17) is 18.9 Å². The van der Waals surface area contributed by atoms with Gasteiger partial charge in [0.15, 0.2) is 12.6 Å². The smallest absolute Gasteiger partial charge is 0.187 e. The predicted octanol–water partition coefficient (Wildman–Crippen LogP) is -4.19. The summed E-state index contributed by atoms with van der Waals surface area (Å²) >= 11 is 0. The predicted molar refractivity (Wildman–Crippen MR) is 82.5 cm³/mol. The third kappa shape index (κ3) is 4.40. The van der Waals surface area contributed by atoms with Crippen LogP contribution >= 0.6 is 0 Å². The van der Waals surface area contributed by atoms with Crippen molar-refractivity contribution in [3.8, 4) is 0 Å². The summed E-state index contributed by atoms with van der Waals surface area (Å²) in [6.45, 7) is 2.21.